The van der Waals surface area contributed by atoms with Gasteiger partial charge in [0, 0.05) is 22.6 Å². The second-order valence-corrected chi connectivity index (χ2v) is 10.9. The van der Waals surface area contributed by atoms with Gasteiger partial charge in [-0.1, -0.05) is 35.9 Å². The van der Waals surface area contributed by atoms with Crippen LogP contribution in [0.5, 0.6) is 11.5 Å². The molecule has 1 amide bonds. The van der Waals surface area contributed by atoms with Crippen LogP contribution in [0.3, 0.4) is 0 Å². The van der Waals surface area contributed by atoms with Gasteiger partial charge >= 0.3 is 0 Å². The summed E-state index contributed by atoms with van der Waals surface area (Å²) in [6, 6.07) is 25.9. The van der Waals surface area contributed by atoms with Crippen molar-refractivity contribution in [3.05, 3.63) is 107 Å². The maximum atomic E-state index is 12.6. The smallest absolute Gasteiger partial charge is 0.260 e. The van der Waals surface area contributed by atoms with Gasteiger partial charge < -0.3 is 9.30 Å². The monoisotopic (exact) mass is 530 g/mol. The number of rotatable bonds is 9. The zero-order valence-electron chi connectivity index (χ0n) is 21.8. The molecule has 1 heterocycles. The lowest BCUT2D eigenvalue weighted by molar-refractivity contribution is -0.119. The molecule has 0 aliphatic heterocycles. The summed E-state index contributed by atoms with van der Waals surface area (Å²) in [5, 5.41) is 4.07. The lowest BCUT2D eigenvalue weighted by Crippen LogP contribution is -2.39. The zero-order chi connectivity index (χ0) is 27.3. The van der Waals surface area contributed by atoms with Crippen LogP contribution in [-0.2, 0) is 14.8 Å². The largest absolute Gasteiger partial charge is 0.457 e. The highest BCUT2D eigenvalue weighted by Gasteiger charge is 2.21. The number of benzene rings is 3. The van der Waals surface area contributed by atoms with Gasteiger partial charge in [0.25, 0.3) is 5.91 Å². The first-order valence-electron chi connectivity index (χ1n) is 12.0. The third-order valence-corrected chi connectivity index (χ3v) is 7.09. The topological polar surface area (TPSA) is 93.0 Å². The normalized spacial score (nSPS) is 11.5. The molecular formula is C29H30N4O4S. The van der Waals surface area contributed by atoms with Crippen molar-refractivity contribution in [1.29, 1.82) is 0 Å². The molecule has 196 valence electrons. The molecule has 0 aliphatic rings. The molecule has 0 aliphatic carbocycles. The lowest BCUT2D eigenvalue weighted by Gasteiger charge is -2.21. The van der Waals surface area contributed by atoms with E-state index < -0.39 is 22.5 Å². The van der Waals surface area contributed by atoms with Crippen molar-refractivity contribution < 1.29 is 17.9 Å². The van der Waals surface area contributed by atoms with Gasteiger partial charge in [-0.3, -0.25) is 9.10 Å². The molecule has 0 atom stereocenters. The van der Waals surface area contributed by atoms with E-state index in [4.69, 9.17) is 4.74 Å². The quantitative estimate of drug-likeness (QED) is 0.240. The zero-order valence-corrected chi connectivity index (χ0v) is 22.6. The number of ether oxygens (including phenoxy) is 1. The van der Waals surface area contributed by atoms with Crippen LogP contribution in [0, 0.1) is 20.8 Å². The molecule has 1 N–H and O–H groups in total. The Balaban J connectivity index is 1.43. The fourth-order valence-corrected chi connectivity index (χ4v) is 4.91. The molecule has 38 heavy (non-hydrogen) atoms. The minimum absolute atomic E-state index is 0.341. The third-order valence-electron chi connectivity index (χ3n) is 5.95. The minimum atomic E-state index is -3.73. The highest BCUT2D eigenvalue weighted by atomic mass is 32.2. The van der Waals surface area contributed by atoms with Gasteiger partial charge in [-0.25, -0.2) is 13.8 Å². The van der Waals surface area contributed by atoms with E-state index in [9.17, 15) is 13.2 Å². The Bertz CT molecular complexity index is 1540. The molecular weight excluding hydrogens is 500 g/mol. The molecule has 0 saturated heterocycles. The number of carbonyl (C=O) groups is 1. The number of aromatic nitrogens is 1. The Morgan fingerprint density at radius 2 is 1.58 bits per heavy atom. The Morgan fingerprint density at radius 1 is 0.947 bits per heavy atom. The fraction of sp³-hybridized carbons (Fsp3) is 0.172. The molecule has 4 rings (SSSR count). The number of nitrogens with zero attached hydrogens (tertiary/aromatic N) is 3. The average molecular weight is 531 g/mol. The summed E-state index contributed by atoms with van der Waals surface area (Å²) in [5.41, 5.74) is 7.85. The van der Waals surface area contributed by atoms with Crippen LogP contribution in [0.25, 0.3) is 5.69 Å². The molecule has 0 unspecified atom stereocenters. The van der Waals surface area contributed by atoms with Crippen LogP contribution >= 0.6 is 0 Å². The van der Waals surface area contributed by atoms with Gasteiger partial charge in [-0.05, 0) is 75.4 Å². The lowest BCUT2D eigenvalue weighted by atomic mass is 10.2. The van der Waals surface area contributed by atoms with Crippen molar-refractivity contribution in [3.63, 3.8) is 0 Å². The van der Waals surface area contributed by atoms with Crippen molar-refractivity contribution in [2.24, 2.45) is 5.10 Å². The van der Waals surface area contributed by atoms with E-state index in [0.29, 0.717) is 17.2 Å². The SMILES string of the molecule is Cc1ccc(-n2c(C)cc(/C=N/NC(=O)CN(c3ccc(Oc4ccccc4)cc3)S(C)(=O)=O)c2C)cc1. The second kappa shape index (κ2) is 11.4. The highest BCUT2D eigenvalue weighted by molar-refractivity contribution is 7.92. The van der Waals surface area contributed by atoms with Crippen LogP contribution in [0.2, 0.25) is 0 Å². The van der Waals surface area contributed by atoms with Crippen LogP contribution in [-0.4, -0.2) is 37.9 Å². The average Bonchev–Trinajstić information content (AvgIpc) is 3.16. The van der Waals surface area contributed by atoms with Crippen LogP contribution < -0.4 is 14.5 Å². The Hall–Kier alpha value is -4.37. The number of para-hydroxylation sites is 1. The summed E-state index contributed by atoms with van der Waals surface area (Å²) in [6.07, 6.45) is 2.61. The summed E-state index contributed by atoms with van der Waals surface area (Å²) in [6.45, 7) is 5.60. The van der Waals surface area contributed by atoms with Gasteiger partial charge in [-0.15, -0.1) is 0 Å². The predicted molar refractivity (Wildman–Crippen MR) is 151 cm³/mol. The van der Waals surface area contributed by atoms with Gasteiger partial charge in [0.1, 0.15) is 18.0 Å². The van der Waals surface area contributed by atoms with E-state index in [1.54, 1.807) is 30.5 Å². The first kappa shape index (κ1) is 26.7. The summed E-state index contributed by atoms with van der Waals surface area (Å²) < 4.78 is 33.8. The van der Waals surface area contributed by atoms with Crippen molar-refractivity contribution in [2.75, 3.05) is 17.1 Å². The number of nitrogens with one attached hydrogen (secondary N) is 1. The number of amides is 1. The van der Waals surface area contributed by atoms with Crippen molar-refractivity contribution in [1.82, 2.24) is 9.99 Å². The van der Waals surface area contributed by atoms with E-state index in [2.05, 4.69) is 39.4 Å². The maximum absolute atomic E-state index is 12.6. The minimum Gasteiger partial charge on any atom is -0.457 e. The fourth-order valence-electron chi connectivity index (χ4n) is 4.05. The van der Waals surface area contributed by atoms with E-state index in [1.807, 2.05) is 57.2 Å². The number of hydrazone groups is 1. The number of sulfonamides is 1. The summed E-state index contributed by atoms with van der Waals surface area (Å²) in [4.78, 5) is 12.6. The molecule has 0 radical (unpaired) electrons. The molecule has 1 aromatic heterocycles. The standard InChI is InChI=1S/C29H30N4O4S/c1-21-10-12-26(13-11-21)33-22(2)18-24(23(33)3)19-30-31-29(34)20-32(38(4,35)36)25-14-16-28(17-15-25)37-27-8-6-5-7-9-27/h5-19H,20H2,1-4H3,(H,31,34)/b30-19+. The van der Waals surface area contributed by atoms with Crippen LogP contribution in [0.15, 0.2) is 90.0 Å². The van der Waals surface area contributed by atoms with Gasteiger partial charge in [0.05, 0.1) is 18.2 Å². The van der Waals surface area contributed by atoms with E-state index in [0.717, 1.165) is 33.2 Å². The molecule has 8 nitrogen and oxygen atoms in total. The molecule has 4 aromatic rings. The van der Waals surface area contributed by atoms with Gasteiger partial charge in [0.2, 0.25) is 10.0 Å². The van der Waals surface area contributed by atoms with Crippen molar-refractivity contribution in [3.8, 4) is 17.2 Å². The Morgan fingerprint density at radius 3 is 2.21 bits per heavy atom. The van der Waals surface area contributed by atoms with E-state index in [1.165, 1.54) is 5.56 Å². The van der Waals surface area contributed by atoms with Crippen LogP contribution in [0.1, 0.15) is 22.5 Å². The third kappa shape index (κ3) is 6.49. The number of carbonyl (C=O) groups excluding carboxylic acids is 1. The molecule has 9 heteroatoms. The molecule has 0 bridgehead atoms. The van der Waals surface area contributed by atoms with Gasteiger partial charge in [-0.2, -0.15) is 5.10 Å². The molecule has 0 saturated carbocycles. The molecule has 0 fully saturated rings. The summed E-state index contributed by atoms with van der Waals surface area (Å²) in [5.74, 6) is 0.645. The maximum Gasteiger partial charge on any atom is 0.260 e. The summed E-state index contributed by atoms with van der Waals surface area (Å²) >= 11 is 0. The van der Waals surface area contributed by atoms with E-state index >= 15 is 0 Å². The Labute approximate surface area is 223 Å². The van der Waals surface area contributed by atoms with Crippen molar-refractivity contribution in [2.45, 2.75) is 20.8 Å². The number of aryl methyl sites for hydroxylation is 2. The summed E-state index contributed by atoms with van der Waals surface area (Å²) in [7, 11) is -3.73. The van der Waals surface area contributed by atoms with Gasteiger partial charge in [0.15, 0.2) is 0 Å². The van der Waals surface area contributed by atoms with Crippen molar-refractivity contribution >= 4 is 27.8 Å². The highest BCUT2D eigenvalue weighted by Crippen LogP contribution is 2.25. The predicted octanol–water partition coefficient (Wildman–Crippen LogP) is 5.11. The Kier molecular flexibility index (Phi) is 7.97. The van der Waals surface area contributed by atoms with E-state index in [-0.39, 0.29) is 0 Å². The molecule has 0 spiro atoms. The molecule has 3 aromatic carbocycles. The second-order valence-electron chi connectivity index (χ2n) is 8.97. The number of hydrogen-bond donors (Lipinski definition) is 1. The number of anilines is 1. The first-order valence-corrected chi connectivity index (χ1v) is 13.9. The number of hydrogen-bond acceptors (Lipinski definition) is 5. The van der Waals surface area contributed by atoms with Crippen LogP contribution in [0.4, 0.5) is 5.69 Å². The first-order chi connectivity index (χ1) is 18.1.